The highest BCUT2D eigenvalue weighted by atomic mass is 16.6. The molecule has 0 aromatic carbocycles. The molecule has 1 heterocycles. The van der Waals surface area contributed by atoms with Crippen LogP contribution in [0, 0.1) is 5.92 Å². The average Bonchev–Trinajstić information content (AvgIpc) is 2.43. The summed E-state index contributed by atoms with van der Waals surface area (Å²) in [6.45, 7) is 9.04. The van der Waals surface area contributed by atoms with Gasteiger partial charge in [-0.3, -0.25) is 0 Å². The normalized spacial score (nSPS) is 26.9. The molecule has 4 nitrogen and oxygen atoms in total. The van der Waals surface area contributed by atoms with Crippen molar-refractivity contribution in [2.45, 2.75) is 45.8 Å². The first kappa shape index (κ1) is 12.3. The minimum absolute atomic E-state index is 0.148. The van der Waals surface area contributed by atoms with Gasteiger partial charge in [0, 0.05) is 19.1 Å². The zero-order chi connectivity index (χ0) is 11.6. The van der Waals surface area contributed by atoms with E-state index in [2.05, 4.69) is 6.92 Å². The Balaban J connectivity index is 2.59. The molecule has 15 heavy (non-hydrogen) atoms. The molecule has 88 valence electrons. The standard InChI is InChI=1S/C11H22N2O2/c1-8-5-9(6-12)13(7-8)10(14)15-11(2,3)4/h8-9H,5-7,12H2,1-4H3. The monoisotopic (exact) mass is 214 g/mol. The highest BCUT2D eigenvalue weighted by Crippen LogP contribution is 2.24. The predicted molar refractivity (Wildman–Crippen MR) is 59.6 cm³/mol. The van der Waals surface area contributed by atoms with Crippen LogP contribution < -0.4 is 5.73 Å². The number of amides is 1. The lowest BCUT2D eigenvalue weighted by Gasteiger charge is -2.27. The molecule has 0 aromatic rings. The smallest absolute Gasteiger partial charge is 0.410 e. The molecule has 1 aliphatic heterocycles. The van der Waals surface area contributed by atoms with E-state index in [9.17, 15) is 4.79 Å². The van der Waals surface area contributed by atoms with Crippen molar-refractivity contribution in [3.63, 3.8) is 0 Å². The number of hydrogen-bond acceptors (Lipinski definition) is 3. The van der Waals surface area contributed by atoms with Gasteiger partial charge >= 0.3 is 6.09 Å². The van der Waals surface area contributed by atoms with E-state index in [4.69, 9.17) is 10.5 Å². The number of hydrogen-bond donors (Lipinski definition) is 1. The number of likely N-dealkylation sites (tertiary alicyclic amines) is 1. The minimum Gasteiger partial charge on any atom is -0.444 e. The lowest BCUT2D eigenvalue weighted by Crippen LogP contribution is -2.42. The van der Waals surface area contributed by atoms with Gasteiger partial charge in [0.1, 0.15) is 5.60 Å². The molecule has 2 unspecified atom stereocenters. The molecule has 2 atom stereocenters. The van der Waals surface area contributed by atoms with Crippen LogP contribution >= 0.6 is 0 Å². The Kier molecular flexibility index (Phi) is 3.60. The largest absolute Gasteiger partial charge is 0.444 e. The van der Waals surface area contributed by atoms with Crippen molar-refractivity contribution in [2.24, 2.45) is 11.7 Å². The summed E-state index contributed by atoms with van der Waals surface area (Å²) in [4.78, 5) is 13.6. The number of rotatable bonds is 1. The lowest BCUT2D eigenvalue weighted by molar-refractivity contribution is 0.0228. The third-order valence-electron chi connectivity index (χ3n) is 2.52. The molecular weight excluding hydrogens is 192 g/mol. The van der Waals surface area contributed by atoms with E-state index in [1.807, 2.05) is 20.8 Å². The van der Waals surface area contributed by atoms with E-state index < -0.39 is 5.60 Å². The van der Waals surface area contributed by atoms with Crippen molar-refractivity contribution in [3.05, 3.63) is 0 Å². The van der Waals surface area contributed by atoms with E-state index in [0.29, 0.717) is 12.5 Å². The van der Waals surface area contributed by atoms with Crippen molar-refractivity contribution in [3.8, 4) is 0 Å². The number of nitrogens with zero attached hydrogens (tertiary/aromatic N) is 1. The Morgan fingerprint density at radius 3 is 2.60 bits per heavy atom. The van der Waals surface area contributed by atoms with Gasteiger partial charge in [-0.2, -0.15) is 0 Å². The van der Waals surface area contributed by atoms with Crippen molar-refractivity contribution in [2.75, 3.05) is 13.1 Å². The number of carbonyl (C=O) groups excluding carboxylic acids is 1. The Labute approximate surface area is 91.8 Å². The fourth-order valence-electron chi connectivity index (χ4n) is 1.92. The molecule has 0 aliphatic carbocycles. The molecule has 1 aliphatic rings. The Morgan fingerprint density at radius 1 is 1.53 bits per heavy atom. The molecule has 0 saturated carbocycles. The van der Waals surface area contributed by atoms with Gasteiger partial charge < -0.3 is 15.4 Å². The first-order valence-electron chi connectivity index (χ1n) is 5.53. The van der Waals surface area contributed by atoms with Crippen LogP contribution in [0.25, 0.3) is 0 Å². The third kappa shape index (κ3) is 3.38. The van der Waals surface area contributed by atoms with Gasteiger partial charge in [-0.1, -0.05) is 6.92 Å². The summed E-state index contributed by atoms with van der Waals surface area (Å²) in [5.41, 5.74) is 5.21. The SMILES string of the molecule is CC1CC(CN)N(C(=O)OC(C)(C)C)C1. The van der Waals surface area contributed by atoms with Crippen LogP contribution in [0.1, 0.15) is 34.1 Å². The molecular formula is C11H22N2O2. The van der Waals surface area contributed by atoms with Gasteiger partial charge in [0.05, 0.1) is 0 Å². The molecule has 0 spiro atoms. The van der Waals surface area contributed by atoms with Crippen molar-refractivity contribution < 1.29 is 9.53 Å². The molecule has 1 saturated heterocycles. The van der Waals surface area contributed by atoms with Crippen molar-refractivity contribution >= 4 is 6.09 Å². The summed E-state index contributed by atoms with van der Waals surface area (Å²) >= 11 is 0. The molecule has 1 fully saturated rings. The van der Waals surface area contributed by atoms with Gasteiger partial charge in [-0.05, 0) is 33.1 Å². The number of carbonyl (C=O) groups is 1. The Bertz CT molecular complexity index is 235. The second-order valence-corrected chi connectivity index (χ2v) is 5.36. The van der Waals surface area contributed by atoms with Gasteiger partial charge in [-0.25, -0.2) is 4.79 Å². The predicted octanol–water partition coefficient (Wildman–Crippen LogP) is 1.59. The second-order valence-electron chi connectivity index (χ2n) is 5.36. The van der Waals surface area contributed by atoms with Gasteiger partial charge in [-0.15, -0.1) is 0 Å². The van der Waals surface area contributed by atoms with Gasteiger partial charge in [0.2, 0.25) is 0 Å². The minimum atomic E-state index is -0.429. The summed E-state index contributed by atoms with van der Waals surface area (Å²) in [6.07, 6.45) is 0.748. The fourth-order valence-corrected chi connectivity index (χ4v) is 1.92. The summed E-state index contributed by atoms with van der Waals surface area (Å²) in [5, 5.41) is 0. The molecule has 1 rings (SSSR count). The van der Waals surface area contributed by atoms with Crippen LogP contribution in [0.3, 0.4) is 0 Å². The maximum absolute atomic E-state index is 11.8. The third-order valence-corrected chi connectivity index (χ3v) is 2.52. The number of nitrogens with two attached hydrogens (primary N) is 1. The molecule has 0 aromatic heterocycles. The fraction of sp³-hybridized carbons (Fsp3) is 0.909. The summed E-state index contributed by atoms with van der Waals surface area (Å²) in [5.74, 6) is 0.520. The number of ether oxygens (including phenoxy) is 1. The maximum Gasteiger partial charge on any atom is 0.410 e. The van der Waals surface area contributed by atoms with Gasteiger partial charge in [0.15, 0.2) is 0 Å². The lowest BCUT2D eigenvalue weighted by atomic mass is 10.1. The quantitative estimate of drug-likeness (QED) is 0.721. The second kappa shape index (κ2) is 4.39. The van der Waals surface area contributed by atoms with Crippen LogP contribution in [0.2, 0.25) is 0 Å². The highest BCUT2D eigenvalue weighted by molar-refractivity contribution is 5.69. The zero-order valence-electron chi connectivity index (χ0n) is 10.1. The molecule has 0 radical (unpaired) electrons. The van der Waals surface area contributed by atoms with E-state index in [0.717, 1.165) is 13.0 Å². The molecule has 4 heteroatoms. The van der Waals surface area contributed by atoms with E-state index in [1.54, 1.807) is 4.90 Å². The first-order valence-corrected chi connectivity index (χ1v) is 5.53. The van der Waals surface area contributed by atoms with Crippen molar-refractivity contribution in [1.29, 1.82) is 0 Å². The summed E-state index contributed by atoms with van der Waals surface area (Å²) in [7, 11) is 0. The van der Waals surface area contributed by atoms with Crippen LogP contribution in [0.5, 0.6) is 0 Å². The molecule has 1 amide bonds. The van der Waals surface area contributed by atoms with Crippen LogP contribution in [0.15, 0.2) is 0 Å². The van der Waals surface area contributed by atoms with Crippen LogP contribution in [-0.2, 0) is 4.74 Å². The average molecular weight is 214 g/mol. The van der Waals surface area contributed by atoms with E-state index >= 15 is 0 Å². The molecule has 0 bridgehead atoms. The summed E-state index contributed by atoms with van der Waals surface area (Å²) in [6, 6.07) is 0.148. The molecule has 2 N–H and O–H groups in total. The van der Waals surface area contributed by atoms with E-state index in [-0.39, 0.29) is 12.1 Å². The van der Waals surface area contributed by atoms with E-state index in [1.165, 1.54) is 0 Å². The van der Waals surface area contributed by atoms with Crippen molar-refractivity contribution in [1.82, 2.24) is 4.90 Å². The van der Waals surface area contributed by atoms with Gasteiger partial charge in [0.25, 0.3) is 0 Å². The zero-order valence-corrected chi connectivity index (χ0v) is 10.1. The Morgan fingerprint density at radius 2 is 2.13 bits per heavy atom. The van der Waals surface area contributed by atoms with Crippen LogP contribution in [-0.4, -0.2) is 35.7 Å². The maximum atomic E-state index is 11.8. The Hall–Kier alpha value is -0.770. The highest BCUT2D eigenvalue weighted by Gasteiger charge is 2.34. The first-order chi connectivity index (χ1) is 6.83. The topological polar surface area (TPSA) is 55.6 Å². The summed E-state index contributed by atoms with van der Waals surface area (Å²) < 4.78 is 5.33. The van der Waals surface area contributed by atoms with Crippen LogP contribution in [0.4, 0.5) is 4.79 Å².